The van der Waals surface area contributed by atoms with Crippen molar-refractivity contribution in [3.8, 4) is 10.9 Å². The standard InChI is InChI=1S/C23H18FN3O2S/c24-18-8-10-19(11-9-18)25-22(28)15-17-6-12-20(13-7-17)29-23-26-21(27-30-23)14-16-4-2-1-3-5-16/h1-13H,14-15H2,(H,25,28). The van der Waals surface area contributed by atoms with Crippen molar-refractivity contribution >= 4 is 23.1 Å². The number of hydrogen-bond donors (Lipinski definition) is 1. The number of carbonyl (C=O) groups excluding carboxylic acids is 1. The molecule has 0 fully saturated rings. The first kappa shape index (κ1) is 19.7. The molecule has 30 heavy (non-hydrogen) atoms. The van der Waals surface area contributed by atoms with Gasteiger partial charge in [-0.15, -0.1) is 0 Å². The van der Waals surface area contributed by atoms with E-state index in [4.69, 9.17) is 4.74 Å². The molecular weight excluding hydrogens is 401 g/mol. The van der Waals surface area contributed by atoms with Crippen molar-refractivity contribution in [3.63, 3.8) is 0 Å². The molecule has 0 aliphatic carbocycles. The van der Waals surface area contributed by atoms with E-state index in [1.807, 2.05) is 42.5 Å². The van der Waals surface area contributed by atoms with Crippen LogP contribution in [-0.2, 0) is 17.6 Å². The number of amides is 1. The van der Waals surface area contributed by atoms with Gasteiger partial charge in [0.15, 0.2) is 5.82 Å². The van der Waals surface area contributed by atoms with Crippen LogP contribution in [0.3, 0.4) is 0 Å². The summed E-state index contributed by atoms with van der Waals surface area (Å²) >= 11 is 1.21. The fourth-order valence-corrected chi connectivity index (χ4v) is 3.40. The fourth-order valence-electron chi connectivity index (χ4n) is 2.83. The molecule has 1 aromatic heterocycles. The number of rotatable bonds is 7. The maximum Gasteiger partial charge on any atom is 0.298 e. The van der Waals surface area contributed by atoms with Crippen LogP contribution in [-0.4, -0.2) is 15.3 Å². The van der Waals surface area contributed by atoms with Crippen LogP contribution in [0, 0.1) is 5.82 Å². The molecule has 4 rings (SSSR count). The molecule has 0 radical (unpaired) electrons. The molecule has 0 bridgehead atoms. The molecule has 0 spiro atoms. The molecule has 150 valence electrons. The third-order valence-electron chi connectivity index (χ3n) is 4.28. The van der Waals surface area contributed by atoms with E-state index >= 15 is 0 Å². The van der Waals surface area contributed by atoms with Crippen LogP contribution in [0.2, 0.25) is 0 Å². The summed E-state index contributed by atoms with van der Waals surface area (Å²) < 4.78 is 23.0. The van der Waals surface area contributed by atoms with Crippen LogP contribution in [0.25, 0.3) is 0 Å². The lowest BCUT2D eigenvalue weighted by atomic mass is 10.1. The Balaban J connectivity index is 1.31. The number of carbonyl (C=O) groups is 1. The van der Waals surface area contributed by atoms with E-state index < -0.39 is 0 Å². The molecule has 1 N–H and O–H groups in total. The van der Waals surface area contributed by atoms with Crippen LogP contribution in [0.1, 0.15) is 17.0 Å². The number of aromatic nitrogens is 2. The second kappa shape index (κ2) is 9.28. The highest BCUT2D eigenvalue weighted by Gasteiger charge is 2.09. The van der Waals surface area contributed by atoms with E-state index in [0.717, 1.165) is 17.0 Å². The normalized spacial score (nSPS) is 10.6. The minimum atomic E-state index is -0.341. The van der Waals surface area contributed by atoms with E-state index in [2.05, 4.69) is 14.7 Å². The predicted octanol–water partition coefficient (Wildman–Crippen LogP) is 5.24. The maximum absolute atomic E-state index is 12.9. The van der Waals surface area contributed by atoms with Crippen molar-refractivity contribution < 1.29 is 13.9 Å². The summed E-state index contributed by atoms with van der Waals surface area (Å²) in [6.07, 6.45) is 0.862. The van der Waals surface area contributed by atoms with Crippen LogP contribution >= 0.6 is 11.5 Å². The lowest BCUT2D eigenvalue weighted by Gasteiger charge is -2.06. The molecule has 0 aliphatic rings. The minimum absolute atomic E-state index is 0.176. The highest BCUT2D eigenvalue weighted by atomic mass is 32.1. The predicted molar refractivity (Wildman–Crippen MR) is 114 cm³/mol. The first-order valence-electron chi connectivity index (χ1n) is 9.33. The van der Waals surface area contributed by atoms with Gasteiger partial charge in [-0.05, 0) is 47.5 Å². The quantitative estimate of drug-likeness (QED) is 0.445. The Morgan fingerprint density at radius 2 is 1.67 bits per heavy atom. The molecule has 0 saturated carbocycles. The third kappa shape index (κ3) is 5.48. The van der Waals surface area contributed by atoms with Gasteiger partial charge >= 0.3 is 0 Å². The van der Waals surface area contributed by atoms with Crippen molar-refractivity contribution in [1.29, 1.82) is 0 Å². The van der Waals surface area contributed by atoms with Gasteiger partial charge in [0.2, 0.25) is 5.91 Å². The first-order chi connectivity index (χ1) is 14.6. The molecule has 5 nitrogen and oxygen atoms in total. The highest BCUT2D eigenvalue weighted by Crippen LogP contribution is 2.24. The lowest BCUT2D eigenvalue weighted by molar-refractivity contribution is -0.115. The Hall–Kier alpha value is -3.58. The zero-order chi connectivity index (χ0) is 20.8. The van der Waals surface area contributed by atoms with Crippen molar-refractivity contribution in [1.82, 2.24) is 9.36 Å². The second-order valence-electron chi connectivity index (χ2n) is 6.62. The van der Waals surface area contributed by atoms with Crippen molar-refractivity contribution in [2.75, 3.05) is 5.32 Å². The van der Waals surface area contributed by atoms with Gasteiger partial charge in [0.05, 0.1) is 6.42 Å². The summed E-state index contributed by atoms with van der Waals surface area (Å²) in [5.41, 5.74) is 2.54. The monoisotopic (exact) mass is 419 g/mol. The first-order valence-corrected chi connectivity index (χ1v) is 10.1. The summed E-state index contributed by atoms with van der Waals surface area (Å²) in [7, 11) is 0. The van der Waals surface area contributed by atoms with Gasteiger partial charge in [0, 0.05) is 23.6 Å². The molecule has 1 heterocycles. The maximum atomic E-state index is 12.9. The Bertz CT molecular complexity index is 1110. The van der Waals surface area contributed by atoms with E-state index in [0.29, 0.717) is 23.1 Å². The summed E-state index contributed by atoms with van der Waals surface area (Å²) in [5.74, 6) is 0.826. The van der Waals surface area contributed by atoms with Gasteiger partial charge in [-0.3, -0.25) is 4.79 Å². The Kier molecular flexibility index (Phi) is 6.10. The lowest BCUT2D eigenvalue weighted by Crippen LogP contribution is -2.14. The summed E-state index contributed by atoms with van der Waals surface area (Å²) in [4.78, 5) is 16.6. The van der Waals surface area contributed by atoms with E-state index in [9.17, 15) is 9.18 Å². The van der Waals surface area contributed by atoms with E-state index in [1.165, 1.54) is 35.8 Å². The van der Waals surface area contributed by atoms with Gasteiger partial charge in [-0.25, -0.2) is 4.39 Å². The van der Waals surface area contributed by atoms with Crippen molar-refractivity contribution in [2.24, 2.45) is 0 Å². The smallest absolute Gasteiger partial charge is 0.298 e. The number of hydrogen-bond acceptors (Lipinski definition) is 5. The fraction of sp³-hybridized carbons (Fsp3) is 0.0870. The number of nitrogens with zero attached hydrogens (tertiary/aromatic N) is 2. The van der Waals surface area contributed by atoms with E-state index in [-0.39, 0.29) is 18.1 Å². The number of halogens is 1. The number of nitrogens with one attached hydrogen (secondary N) is 1. The van der Waals surface area contributed by atoms with Crippen LogP contribution in [0.4, 0.5) is 10.1 Å². The molecule has 3 aromatic carbocycles. The minimum Gasteiger partial charge on any atom is -0.430 e. The molecular formula is C23H18FN3O2S. The molecule has 4 aromatic rings. The molecule has 0 atom stereocenters. The van der Waals surface area contributed by atoms with Gasteiger partial charge in [-0.1, -0.05) is 42.5 Å². The topological polar surface area (TPSA) is 64.1 Å². The van der Waals surface area contributed by atoms with Gasteiger partial charge in [0.25, 0.3) is 5.19 Å². The average molecular weight is 419 g/mol. The van der Waals surface area contributed by atoms with Gasteiger partial charge in [-0.2, -0.15) is 9.36 Å². The zero-order valence-electron chi connectivity index (χ0n) is 15.9. The molecule has 0 aliphatic heterocycles. The van der Waals surface area contributed by atoms with E-state index in [1.54, 1.807) is 12.1 Å². The molecule has 7 heteroatoms. The van der Waals surface area contributed by atoms with Crippen LogP contribution in [0.15, 0.2) is 78.9 Å². The average Bonchev–Trinajstić information content (AvgIpc) is 3.18. The van der Waals surface area contributed by atoms with Gasteiger partial charge in [0.1, 0.15) is 11.6 Å². The summed E-state index contributed by atoms with van der Waals surface area (Å²) in [6.45, 7) is 0. The Labute approximate surface area is 177 Å². The van der Waals surface area contributed by atoms with Crippen molar-refractivity contribution in [2.45, 2.75) is 12.8 Å². The van der Waals surface area contributed by atoms with Crippen LogP contribution in [0.5, 0.6) is 10.9 Å². The zero-order valence-corrected chi connectivity index (χ0v) is 16.7. The number of ether oxygens (including phenoxy) is 1. The Morgan fingerprint density at radius 1 is 0.933 bits per heavy atom. The largest absolute Gasteiger partial charge is 0.430 e. The molecule has 0 saturated heterocycles. The van der Waals surface area contributed by atoms with Gasteiger partial charge < -0.3 is 10.1 Å². The van der Waals surface area contributed by atoms with Crippen LogP contribution < -0.4 is 10.1 Å². The summed E-state index contributed by atoms with van der Waals surface area (Å²) in [5, 5.41) is 3.22. The molecule has 0 unspecified atom stereocenters. The SMILES string of the molecule is O=C(Cc1ccc(Oc2nc(Cc3ccccc3)ns2)cc1)Nc1ccc(F)cc1. The second-order valence-corrected chi connectivity index (χ2v) is 7.33. The highest BCUT2D eigenvalue weighted by molar-refractivity contribution is 7.07. The number of benzene rings is 3. The molecule has 1 amide bonds. The van der Waals surface area contributed by atoms with Crippen molar-refractivity contribution in [3.05, 3.63) is 102 Å². The summed E-state index contributed by atoms with van der Waals surface area (Å²) in [6, 6.07) is 22.9. The third-order valence-corrected chi connectivity index (χ3v) is 4.91. The Morgan fingerprint density at radius 3 is 2.40 bits per heavy atom. The number of anilines is 1.